The second-order valence-electron chi connectivity index (χ2n) is 7.34. The molecule has 23 heavy (non-hydrogen) atoms. The number of esters is 1. The summed E-state index contributed by atoms with van der Waals surface area (Å²) >= 11 is 0. The van der Waals surface area contributed by atoms with Crippen LogP contribution in [-0.2, 0) is 4.74 Å². The van der Waals surface area contributed by atoms with Crippen molar-refractivity contribution in [2.45, 2.75) is 64.5 Å². The Bertz CT molecular complexity index is 505. The number of nitrogens with one attached hydrogen (secondary N) is 1. The van der Waals surface area contributed by atoms with Gasteiger partial charge in [-0.2, -0.15) is 0 Å². The maximum atomic E-state index is 12.2. The zero-order valence-electron chi connectivity index (χ0n) is 14.6. The Balaban J connectivity index is 1.83. The van der Waals surface area contributed by atoms with Gasteiger partial charge < -0.3 is 15.8 Å². The lowest BCUT2D eigenvalue weighted by atomic mass is 9.84. The molecule has 0 saturated heterocycles. The first-order valence-corrected chi connectivity index (χ1v) is 8.70. The molecule has 0 spiro atoms. The SMILES string of the molecule is CC(NCC(C)(C)OC(=O)c1ccc(N)cc1)C1CCCCC1. The molecule has 128 valence electrons. The zero-order chi connectivity index (χ0) is 16.9. The van der Waals surface area contributed by atoms with Gasteiger partial charge in [-0.3, -0.25) is 0 Å². The van der Waals surface area contributed by atoms with Crippen molar-refractivity contribution in [3.63, 3.8) is 0 Å². The lowest BCUT2D eigenvalue weighted by molar-refractivity contribution is -0.00223. The average molecular weight is 318 g/mol. The summed E-state index contributed by atoms with van der Waals surface area (Å²) in [5.41, 5.74) is 6.28. The third kappa shape index (κ3) is 5.54. The van der Waals surface area contributed by atoms with Gasteiger partial charge in [0.2, 0.25) is 0 Å². The number of rotatable bonds is 6. The van der Waals surface area contributed by atoms with Crippen LogP contribution in [0.15, 0.2) is 24.3 Å². The average Bonchev–Trinajstić information content (AvgIpc) is 2.53. The van der Waals surface area contributed by atoms with E-state index in [-0.39, 0.29) is 5.97 Å². The van der Waals surface area contributed by atoms with E-state index in [1.807, 2.05) is 13.8 Å². The number of anilines is 1. The summed E-state index contributed by atoms with van der Waals surface area (Å²) in [5.74, 6) is 0.439. The van der Waals surface area contributed by atoms with E-state index in [0.29, 0.717) is 23.8 Å². The van der Waals surface area contributed by atoms with Crippen molar-refractivity contribution in [3.8, 4) is 0 Å². The monoisotopic (exact) mass is 318 g/mol. The Morgan fingerprint density at radius 1 is 1.26 bits per heavy atom. The first kappa shape index (κ1) is 17.8. The van der Waals surface area contributed by atoms with Crippen LogP contribution in [0.2, 0.25) is 0 Å². The standard InChI is InChI=1S/C19H30N2O2/c1-14(15-7-5-4-6-8-15)21-13-19(2,3)23-18(22)16-9-11-17(20)12-10-16/h9-12,14-15,21H,4-8,13,20H2,1-3H3. The smallest absolute Gasteiger partial charge is 0.338 e. The number of carbonyl (C=O) groups excluding carboxylic acids is 1. The topological polar surface area (TPSA) is 64.3 Å². The molecule has 1 fully saturated rings. The van der Waals surface area contributed by atoms with Crippen LogP contribution in [0.3, 0.4) is 0 Å². The van der Waals surface area contributed by atoms with Crippen LogP contribution in [0.5, 0.6) is 0 Å². The number of hydrogen-bond acceptors (Lipinski definition) is 4. The van der Waals surface area contributed by atoms with Gasteiger partial charge in [0.25, 0.3) is 0 Å². The Kier molecular flexibility index (Phi) is 6.05. The molecule has 4 nitrogen and oxygen atoms in total. The normalized spacial score (nSPS) is 17.7. The second kappa shape index (κ2) is 7.82. The van der Waals surface area contributed by atoms with Crippen LogP contribution in [0.25, 0.3) is 0 Å². The molecule has 1 unspecified atom stereocenters. The summed E-state index contributed by atoms with van der Waals surface area (Å²) in [5, 5.41) is 3.56. The summed E-state index contributed by atoms with van der Waals surface area (Å²) < 4.78 is 5.66. The predicted molar refractivity (Wildman–Crippen MR) is 94.4 cm³/mol. The summed E-state index contributed by atoms with van der Waals surface area (Å²) in [6.07, 6.45) is 6.66. The van der Waals surface area contributed by atoms with Gasteiger partial charge >= 0.3 is 5.97 Å². The molecule has 4 heteroatoms. The van der Waals surface area contributed by atoms with E-state index in [0.717, 1.165) is 5.92 Å². The van der Waals surface area contributed by atoms with Crippen LogP contribution in [0, 0.1) is 5.92 Å². The van der Waals surface area contributed by atoms with E-state index in [1.54, 1.807) is 24.3 Å². The highest BCUT2D eigenvalue weighted by atomic mass is 16.6. The van der Waals surface area contributed by atoms with Crippen LogP contribution in [0.1, 0.15) is 63.2 Å². The van der Waals surface area contributed by atoms with E-state index < -0.39 is 5.60 Å². The summed E-state index contributed by atoms with van der Waals surface area (Å²) in [6, 6.07) is 7.29. The largest absolute Gasteiger partial charge is 0.455 e. The minimum absolute atomic E-state index is 0.304. The molecule has 1 atom stereocenters. The maximum Gasteiger partial charge on any atom is 0.338 e. The number of ether oxygens (including phenoxy) is 1. The molecule has 1 aliphatic rings. The summed E-state index contributed by atoms with van der Waals surface area (Å²) in [4.78, 5) is 12.2. The van der Waals surface area contributed by atoms with E-state index >= 15 is 0 Å². The Morgan fingerprint density at radius 2 is 1.87 bits per heavy atom. The number of nitrogens with two attached hydrogens (primary N) is 1. The van der Waals surface area contributed by atoms with Crippen molar-refractivity contribution < 1.29 is 9.53 Å². The molecule has 2 rings (SSSR count). The van der Waals surface area contributed by atoms with E-state index in [2.05, 4.69) is 12.2 Å². The van der Waals surface area contributed by atoms with Gasteiger partial charge in [0.15, 0.2) is 0 Å². The first-order chi connectivity index (χ1) is 10.9. The third-order valence-corrected chi connectivity index (χ3v) is 4.72. The van der Waals surface area contributed by atoms with Crippen molar-refractivity contribution in [3.05, 3.63) is 29.8 Å². The fraction of sp³-hybridized carbons (Fsp3) is 0.632. The highest BCUT2D eigenvalue weighted by Gasteiger charge is 2.26. The Hall–Kier alpha value is -1.55. The minimum Gasteiger partial charge on any atom is -0.455 e. The molecule has 0 radical (unpaired) electrons. The molecule has 0 aromatic heterocycles. The van der Waals surface area contributed by atoms with Crippen LogP contribution in [0.4, 0.5) is 5.69 Å². The summed E-state index contributed by atoms with van der Waals surface area (Å²) in [7, 11) is 0. The van der Waals surface area contributed by atoms with Crippen molar-refractivity contribution in [1.82, 2.24) is 5.32 Å². The molecular weight excluding hydrogens is 288 g/mol. The number of benzene rings is 1. The van der Waals surface area contributed by atoms with E-state index in [9.17, 15) is 4.79 Å². The molecule has 1 saturated carbocycles. The van der Waals surface area contributed by atoms with Crippen molar-refractivity contribution in [2.75, 3.05) is 12.3 Å². The number of nitrogen functional groups attached to an aromatic ring is 1. The minimum atomic E-state index is -0.540. The van der Waals surface area contributed by atoms with Crippen molar-refractivity contribution >= 4 is 11.7 Å². The maximum absolute atomic E-state index is 12.2. The lowest BCUT2D eigenvalue weighted by Crippen LogP contribution is -2.45. The molecule has 1 aromatic carbocycles. The van der Waals surface area contributed by atoms with Gasteiger partial charge in [-0.1, -0.05) is 19.3 Å². The molecule has 1 aromatic rings. The van der Waals surface area contributed by atoms with Crippen LogP contribution in [-0.4, -0.2) is 24.2 Å². The molecule has 1 aliphatic carbocycles. The molecule has 0 aliphatic heterocycles. The molecule has 0 bridgehead atoms. The van der Waals surface area contributed by atoms with Gasteiger partial charge in [-0.25, -0.2) is 4.79 Å². The van der Waals surface area contributed by atoms with Gasteiger partial charge in [-0.05, 0) is 63.8 Å². The van der Waals surface area contributed by atoms with Crippen molar-refractivity contribution in [2.24, 2.45) is 5.92 Å². The van der Waals surface area contributed by atoms with Crippen LogP contribution < -0.4 is 11.1 Å². The van der Waals surface area contributed by atoms with Gasteiger partial charge in [-0.15, -0.1) is 0 Å². The van der Waals surface area contributed by atoms with E-state index in [1.165, 1.54) is 32.1 Å². The third-order valence-electron chi connectivity index (χ3n) is 4.72. The fourth-order valence-corrected chi connectivity index (χ4v) is 3.17. The lowest BCUT2D eigenvalue weighted by Gasteiger charge is -2.32. The van der Waals surface area contributed by atoms with Crippen LogP contribution >= 0.6 is 0 Å². The van der Waals surface area contributed by atoms with Gasteiger partial charge in [0, 0.05) is 18.3 Å². The molecule has 0 amide bonds. The van der Waals surface area contributed by atoms with Crippen molar-refractivity contribution in [1.29, 1.82) is 0 Å². The highest BCUT2D eigenvalue weighted by molar-refractivity contribution is 5.90. The quantitative estimate of drug-likeness (QED) is 0.619. The molecule has 0 heterocycles. The van der Waals surface area contributed by atoms with Gasteiger partial charge in [0.1, 0.15) is 5.60 Å². The fourth-order valence-electron chi connectivity index (χ4n) is 3.17. The first-order valence-electron chi connectivity index (χ1n) is 8.70. The molecule has 3 N–H and O–H groups in total. The Labute approximate surface area is 139 Å². The second-order valence-corrected chi connectivity index (χ2v) is 7.34. The van der Waals surface area contributed by atoms with E-state index in [4.69, 9.17) is 10.5 Å². The molecular formula is C19H30N2O2. The zero-order valence-corrected chi connectivity index (χ0v) is 14.6. The predicted octanol–water partition coefficient (Wildman–Crippen LogP) is 3.76. The number of carbonyl (C=O) groups is 1. The summed E-state index contributed by atoms with van der Waals surface area (Å²) in [6.45, 7) is 6.80. The Morgan fingerprint density at radius 3 is 2.48 bits per heavy atom. The highest BCUT2D eigenvalue weighted by Crippen LogP contribution is 2.26. The van der Waals surface area contributed by atoms with Gasteiger partial charge in [0.05, 0.1) is 5.56 Å². The number of hydrogen-bond donors (Lipinski definition) is 2.